The fourth-order valence-electron chi connectivity index (χ4n) is 2.39. The fraction of sp³-hybridized carbons (Fsp3) is 0.158. The lowest BCUT2D eigenvalue weighted by atomic mass is 10.1. The van der Waals surface area contributed by atoms with E-state index in [0.29, 0.717) is 17.3 Å². The molecule has 0 aliphatic carbocycles. The van der Waals surface area contributed by atoms with Crippen molar-refractivity contribution in [3.05, 3.63) is 69.3 Å². The Morgan fingerprint density at radius 3 is 2.67 bits per heavy atom. The third-order valence-corrected chi connectivity index (χ3v) is 4.91. The molecule has 0 bridgehead atoms. The molecule has 0 amide bonds. The zero-order valence-electron chi connectivity index (χ0n) is 13.4. The van der Waals surface area contributed by atoms with Gasteiger partial charge in [0.1, 0.15) is 17.3 Å². The van der Waals surface area contributed by atoms with E-state index in [4.69, 9.17) is 20.8 Å². The molecule has 1 aromatic heterocycles. The van der Waals surface area contributed by atoms with Crippen LogP contribution in [0, 0.1) is 6.92 Å². The highest BCUT2D eigenvalue weighted by Crippen LogP contribution is 2.29. The summed E-state index contributed by atoms with van der Waals surface area (Å²) < 4.78 is 12.2. The number of anilines is 1. The Kier molecular flexibility index (Phi) is 5.17. The smallest absolute Gasteiger partial charge is 0.137 e. The molecule has 0 atom stereocenters. The van der Waals surface area contributed by atoms with Crippen molar-refractivity contribution in [2.24, 2.45) is 0 Å². The third kappa shape index (κ3) is 3.77. The summed E-state index contributed by atoms with van der Waals surface area (Å²) in [6, 6.07) is 15.7. The molecule has 124 valence electrons. The molecule has 1 heterocycles. The predicted molar refractivity (Wildman–Crippen MR) is 102 cm³/mol. The molecule has 0 spiro atoms. The molecule has 3 rings (SSSR count). The van der Waals surface area contributed by atoms with E-state index >= 15 is 0 Å². The molecule has 24 heavy (non-hydrogen) atoms. The van der Waals surface area contributed by atoms with Gasteiger partial charge >= 0.3 is 0 Å². The lowest BCUT2D eigenvalue weighted by Crippen LogP contribution is -1.98. The zero-order chi connectivity index (χ0) is 17.1. The van der Waals surface area contributed by atoms with Crippen LogP contribution in [0.4, 0.5) is 5.69 Å². The highest BCUT2D eigenvalue weighted by molar-refractivity contribution is 9.10. The predicted octanol–water partition coefficient (Wildman–Crippen LogP) is 6.29. The summed E-state index contributed by atoms with van der Waals surface area (Å²) in [5.41, 5.74) is 3.16. The molecule has 0 saturated heterocycles. The van der Waals surface area contributed by atoms with Crippen LogP contribution in [0.5, 0.6) is 5.75 Å². The normalized spacial score (nSPS) is 10.7. The number of hydrogen-bond acceptors (Lipinski definition) is 3. The highest BCUT2D eigenvalue weighted by atomic mass is 79.9. The maximum atomic E-state index is 6.13. The summed E-state index contributed by atoms with van der Waals surface area (Å²) in [5, 5.41) is 3.87. The molecule has 0 unspecified atom stereocenters. The Hall–Kier alpha value is -1.91. The third-order valence-electron chi connectivity index (χ3n) is 3.72. The molecule has 3 aromatic rings. The van der Waals surface area contributed by atoms with Gasteiger partial charge in [0.15, 0.2) is 0 Å². The second-order valence-corrected chi connectivity index (χ2v) is 6.69. The lowest BCUT2D eigenvalue weighted by Gasteiger charge is -2.08. The Morgan fingerprint density at radius 1 is 1.12 bits per heavy atom. The number of hydrogen-bond donors (Lipinski definition) is 1. The number of methoxy groups -OCH3 is 1. The largest absolute Gasteiger partial charge is 0.495 e. The van der Waals surface area contributed by atoms with Crippen molar-refractivity contribution in [3.8, 4) is 17.1 Å². The van der Waals surface area contributed by atoms with E-state index in [1.165, 1.54) is 5.56 Å². The van der Waals surface area contributed by atoms with E-state index < -0.39 is 0 Å². The maximum absolute atomic E-state index is 6.13. The van der Waals surface area contributed by atoms with E-state index in [2.05, 4.69) is 34.2 Å². The van der Waals surface area contributed by atoms with Crippen molar-refractivity contribution >= 4 is 33.2 Å². The molecule has 0 aliphatic heterocycles. The Balaban J connectivity index is 1.70. The number of rotatable bonds is 5. The van der Waals surface area contributed by atoms with Gasteiger partial charge in [-0.15, -0.1) is 0 Å². The summed E-state index contributed by atoms with van der Waals surface area (Å²) in [6.07, 6.45) is 0. The maximum Gasteiger partial charge on any atom is 0.137 e. The molecule has 2 aromatic carbocycles. The van der Waals surface area contributed by atoms with Crippen LogP contribution in [0.2, 0.25) is 5.02 Å². The van der Waals surface area contributed by atoms with Crippen LogP contribution in [0.1, 0.15) is 11.3 Å². The van der Waals surface area contributed by atoms with Crippen molar-refractivity contribution in [3.63, 3.8) is 0 Å². The second kappa shape index (κ2) is 7.32. The van der Waals surface area contributed by atoms with Crippen LogP contribution >= 0.6 is 27.5 Å². The van der Waals surface area contributed by atoms with Crippen LogP contribution in [-0.2, 0) is 6.54 Å². The number of ether oxygens (including phenoxy) is 1. The number of halogens is 2. The van der Waals surface area contributed by atoms with Crippen LogP contribution in [-0.4, -0.2) is 7.11 Å². The topological polar surface area (TPSA) is 34.4 Å². The first kappa shape index (κ1) is 16.9. The minimum absolute atomic E-state index is 0.577. The van der Waals surface area contributed by atoms with Crippen molar-refractivity contribution in [2.45, 2.75) is 13.5 Å². The van der Waals surface area contributed by atoms with Gasteiger partial charge in [-0.2, -0.15) is 0 Å². The summed E-state index contributed by atoms with van der Waals surface area (Å²) >= 11 is 9.64. The Morgan fingerprint density at radius 2 is 1.96 bits per heavy atom. The molecule has 1 N–H and O–H groups in total. The van der Waals surface area contributed by atoms with Crippen molar-refractivity contribution in [2.75, 3.05) is 12.4 Å². The van der Waals surface area contributed by atoms with Crippen LogP contribution in [0.25, 0.3) is 11.3 Å². The molecule has 0 fully saturated rings. The zero-order valence-corrected chi connectivity index (χ0v) is 15.7. The number of nitrogens with one attached hydrogen (secondary N) is 1. The molecular formula is C19H17BrClNO2. The molecule has 3 nitrogen and oxygen atoms in total. The highest BCUT2D eigenvalue weighted by Gasteiger charge is 2.07. The first-order chi connectivity index (χ1) is 11.6. The van der Waals surface area contributed by atoms with Gasteiger partial charge in [-0.1, -0.05) is 33.6 Å². The van der Waals surface area contributed by atoms with Gasteiger partial charge in [-0.05, 0) is 55.0 Å². The Bertz CT molecular complexity index is 860. The molecule has 0 radical (unpaired) electrons. The SMILES string of the molecule is COc1ccc(NCc2ccc(-c3ccc(Br)c(C)c3)o2)cc1Cl. The fourth-order valence-corrected chi connectivity index (χ4v) is 2.90. The quantitative estimate of drug-likeness (QED) is 0.540. The van der Waals surface area contributed by atoms with Crippen LogP contribution < -0.4 is 10.1 Å². The minimum Gasteiger partial charge on any atom is -0.495 e. The molecule has 0 aliphatic rings. The van der Waals surface area contributed by atoms with E-state index in [-0.39, 0.29) is 0 Å². The van der Waals surface area contributed by atoms with Crippen LogP contribution in [0.3, 0.4) is 0 Å². The average Bonchev–Trinajstić information content (AvgIpc) is 3.04. The lowest BCUT2D eigenvalue weighted by molar-refractivity contribution is 0.415. The van der Waals surface area contributed by atoms with Crippen molar-refractivity contribution in [1.82, 2.24) is 0 Å². The number of benzene rings is 2. The summed E-state index contributed by atoms with van der Waals surface area (Å²) in [5.74, 6) is 2.38. The first-order valence-corrected chi connectivity index (χ1v) is 8.66. The van der Waals surface area contributed by atoms with Gasteiger partial charge in [-0.25, -0.2) is 0 Å². The first-order valence-electron chi connectivity index (χ1n) is 7.49. The summed E-state index contributed by atoms with van der Waals surface area (Å²) in [6.45, 7) is 2.64. The van der Waals surface area contributed by atoms with Gasteiger partial charge in [0.2, 0.25) is 0 Å². The summed E-state index contributed by atoms with van der Waals surface area (Å²) in [4.78, 5) is 0. The van der Waals surface area contributed by atoms with E-state index in [1.54, 1.807) is 7.11 Å². The molecular weight excluding hydrogens is 390 g/mol. The number of furan rings is 1. The van der Waals surface area contributed by atoms with E-state index in [1.807, 2.05) is 42.5 Å². The monoisotopic (exact) mass is 405 g/mol. The molecule has 5 heteroatoms. The van der Waals surface area contributed by atoms with Gasteiger partial charge in [0, 0.05) is 15.7 Å². The van der Waals surface area contributed by atoms with Crippen LogP contribution in [0.15, 0.2) is 57.4 Å². The number of aryl methyl sites for hydroxylation is 1. The van der Waals surface area contributed by atoms with Gasteiger partial charge in [0.05, 0.1) is 18.7 Å². The van der Waals surface area contributed by atoms with E-state index in [9.17, 15) is 0 Å². The standard InChI is InChI=1S/C19H17BrClNO2/c1-12-9-13(3-6-16(12)20)18-8-5-15(24-18)11-22-14-4-7-19(23-2)17(21)10-14/h3-10,22H,11H2,1-2H3. The van der Waals surface area contributed by atoms with Crippen molar-refractivity contribution in [1.29, 1.82) is 0 Å². The Labute approximate surface area is 154 Å². The van der Waals surface area contributed by atoms with E-state index in [0.717, 1.165) is 27.2 Å². The molecule has 0 saturated carbocycles. The van der Waals surface area contributed by atoms with Gasteiger partial charge < -0.3 is 14.5 Å². The van der Waals surface area contributed by atoms with Gasteiger partial charge in [0.25, 0.3) is 0 Å². The van der Waals surface area contributed by atoms with Crippen molar-refractivity contribution < 1.29 is 9.15 Å². The average molecular weight is 407 g/mol. The second-order valence-electron chi connectivity index (χ2n) is 5.43. The minimum atomic E-state index is 0.577. The van der Waals surface area contributed by atoms with Gasteiger partial charge in [-0.3, -0.25) is 0 Å². The summed E-state index contributed by atoms with van der Waals surface area (Å²) in [7, 11) is 1.60.